The molecule has 7 nitrogen and oxygen atoms in total. The monoisotopic (exact) mass is 487 g/mol. The first-order valence-electron chi connectivity index (χ1n) is 11.7. The van der Waals surface area contributed by atoms with Crippen LogP contribution in [0.2, 0.25) is 0 Å². The van der Waals surface area contributed by atoms with Gasteiger partial charge < -0.3 is 15.6 Å². The zero-order valence-electron chi connectivity index (χ0n) is 18.6. The molecule has 0 spiro atoms. The number of nitrogens with zero attached hydrogens (tertiary/aromatic N) is 2. The van der Waals surface area contributed by atoms with Gasteiger partial charge in [0.15, 0.2) is 0 Å². The van der Waals surface area contributed by atoms with Gasteiger partial charge in [-0.15, -0.1) is 11.3 Å². The summed E-state index contributed by atoms with van der Waals surface area (Å²) in [6.07, 6.45) is 4.33. The summed E-state index contributed by atoms with van der Waals surface area (Å²) in [5, 5.41) is 5.90. The van der Waals surface area contributed by atoms with Gasteiger partial charge in [0.2, 0.25) is 5.95 Å². The van der Waals surface area contributed by atoms with Crippen LogP contribution in [0.5, 0.6) is 0 Å². The molecule has 0 unspecified atom stereocenters. The average Bonchev–Trinajstić information content (AvgIpc) is 3.42. The van der Waals surface area contributed by atoms with Crippen molar-refractivity contribution >= 4 is 40.1 Å². The summed E-state index contributed by atoms with van der Waals surface area (Å²) >= 11 is 0.760. The van der Waals surface area contributed by atoms with Crippen LogP contribution in [0.4, 0.5) is 14.7 Å². The second-order valence-electron chi connectivity index (χ2n) is 9.16. The van der Waals surface area contributed by atoms with Gasteiger partial charge in [-0.25, -0.2) is 13.8 Å². The predicted molar refractivity (Wildman–Crippen MR) is 128 cm³/mol. The summed E-state index contributed by atoms with van der Waals surface area (Å²) in [5.74, 6) is -0.293. The quantitative estimate of drug-likeness (QED) is 0.455. The Bertz CT molecular complexity index is 1210. The van der Waals surface area contributed by atoms with Gasteiger partial charge in [-0.05, 0) is 56.0 Å². The molecular formula is C24H27F2N5O2S. The van der Waals surface area contributed by atoms with E-state index in [0.717, 1.165) is 55.4 Å². The van der Waals surface area contributed by atoms with Gasteiger partial charge in [0, 0.05) is 23.7 Å². The fourth-order valence-electron chi connectivity index (χ4n) is 4.81. The number of benzene rings is 1. The number of rotatable bonds is 6. The molecule has 180 valence electrons. The fourth-order valence-corrected chi connectivity index (χ4v) is 5.57. The Morgan fingerprint density at radius 3 is 2.53 bits per heavy atom. The number of halogens is 2. The minimum Gasteiger partial charge on any atom is -0.349 e. The van der Waals surface area contributed by atoms with E-state index in [1.54, 1.807) is 12.1 Å². The topological polar surface area (TPSA) is 102 Å². The Kier molecular flexibility index (Phi) is 6.35. The van der Waals surface area contributed by atoms with E-state index in [-0.39, 0.29) is 33.8 Å². The molecule has 2 aliphatic rings. The summed E-state index contributed by atoms with van der Waals surface area (Å²) in [4.78, 5) is 30.2. The first kappa shape index (κ1) is 22.9. The maximum Gasteiger partial charge on any atom is 0.272 e. The molecule has 0 bridgehead atoms. The third kappa shape index (κ3) is 4.56. The van der Waals surface area contributed by atoms with Crippen LogP contribution in [-0.2, 0) is 0 Å². The number of carbonyl (C=O) groups excluding carboxylic acids is 2. The number of alkyl halides is 2. The molecule has 2 saturated carbocycles. The Balaban J connectivity index is 1.42. The van der Waals surface area contributed by atoms with Crippen LogP contribution in [0, 0.1) is 0 Å². The lowest BCUT2D eigenvalue weighted by atomic mass is 9.87. The highest BCUT2D eigenvalue weighted by Crippen LogP contribution is 2.37. The zero-order valence-corrected chi connectivity index (χ0v) is 19.4. The van der Waals surface area contributed by atoms with Crippen LogP contribution in [0.25, 0.3) is 11.0 Å². The minimum absolute atomic E-state index is 0.0668. The van der Waals surface area contributed by atoms with E-state index in [0.29, 0.717) is 17.0 Å². The molecule has 2 aliphatic carbocycles. The predicted octanol–water partition coefficient (Wildman–Crippen LogP) is 5.01. The Morgan fingerprint density at radius 2 is 1.85 bits per heavy atom. The molecule has 10 heteroatoms. The normalized spacial score (nSPS) is 20.9. The number of amides is 2. The van der Waals surface area contributed by atoms with E-state index < -0.39 is 12.3 Å². The fraction of sp³-hybridized carbons (Fsp3) is 0.458. The largest absolute Gasteiger partial charge is 0.349 e. The second kappa shape index (κ2) is 9.42. The van der Waals surface area contributed by atoms with Crippen LogP contribution in [0.1, 0.15) is 82.3 Å². The molecule has 2 heterocycles. The maximum absolute atomic E-state index is 12.9. The summed E-state index contributed by atoms with van der Waals surface area (Å²) in [5.41, 5.74) is 7.90. The van der Waals surface area contributed by atoms with Gasteiger partial charge in [-0.3, -0.25) is 14.9 Å². The maximum atomic E-state index is 12.9. The second-order valence-corrected chi connectivity index (χ2v) is 10.3. The van der Waals surface area contributed by atoms with Gasteiger partial charge >= 0.3 is 0 Å². The third-order valence-electron chi connectivity index (χ3n) is 6.70. The molecule has 2 amide bonds. The van der Waals surface area contributed by atoms with Crippen LogP contribution < -0.4 is 16.4 Å². The molecule has 0 radical (unpaired) electrons. The lowest BCUT2D eigenvalue weighted by Crippen LogP contribution is -2.38. The number of anilines is 1. The Morgan fingerprint density at radius 1 is 1.09 bits per heavy atom. The van der Waals surface area contributed by atoms with Gasteiger partial charge in [0.25, 0.3) is 18.2 Å². The van der Waals surface area contributed by atoms with Crippen molar-refractivity contribution in [3.8, 4) is 0 Å². The summed E-state index contributed by atoms with van der Waals surface area (Å²) in [6.45, 7) is 0. The van der Waals surface area contributed by atoms with E-state index in [9.17, 15) is 18.4 Å². The summed E-state index contributed by atoms with van der Waals surface area (Å²) in [7, 11) is 0. The number of nitrogens with two attached hydrogens (primary N) is 1. The van der Waals surface area contributed by atoms with Gasteiger partial charge in [0.05, 0.1) is 20.8 Å². The van der Waals surface area contributed by atoms with Crippen molar-refractivity contribution in [2.24, 2.45) is 5.73 Å². The molecular weight excluding hydrogens is 460 g/mol. The van der Waals surface area contributed by atoms with Crippen molar-refractivity contribution < 1.29 is 18.4 Å². The van der Waals surface area contributed by atoms with Crippen molar-refractivity contribution in [1.29, 1.82) is 0 Å². The van der Waals surface area contributed by atoms with E-state index >= 15 is 0 Å². The van der Waals surface area contributed by atoms with E-state index in [4.69, 9.17) is 5.73 Å². The van der Waals surface area contributed by atoms with Crippen molar-refractivity contribution in [3.05, 3.63) is 45.6 Å². The highest BCUT2D eigenvalue weighted by molar-refractivity contribution is 7.14. The number of fused-ring (bicyclic) bond motifs is 1. The smallest absolute Gasteiger partial charge is 0.272 e. The molecule has 2 fully saturated rings. The molecule has 0 saturated heterocycles. The number of aromatic nitrogens is 2. The molecule has 0 atom stereocenters. The highest BCUT2D eigenvalue weighted by Gasteiger charge is 2.31. The molecule has 0 aliphatic heterocycles. The first-order chi connectivity index (χ1) is 16.4. The number of imidazole rings is 1. The number of carbonyl (C=O) groups is 2. The molecule has 3 aromatic rings. The van der Waals surface area contributed by atoms with Crippen molar-refractivity contribution in [1.82, 2.24) is 14.9 Å². The van der Waals surface area contributed by atoms with Crippen LogP contribution in [0.3, 0.4) is 0 Å². The van der Waals surface area contributed by atoms with Gasteiger partial charge in [-0.1, -0.05) is 19.3 Å². The van der Waals surface area contributed by atoms with E-state index in [2.05, 4.69) is 15.6 Å². The Hall–Kier alpha value is -2.85. The lowest BCUT2D eigenvalue weighted by molar-refractivity contribution is 0.0927. The number of thiophene rings is 1. The molecule has 1 aromatic carbocycles. The lowest BCUT2D eigenvalue weighted by Gasteiger charge is -2.34. The summed E-state index contributed by atoms with van der Waals surface area (Å²) < 4.78 is 27.8. The average molecular weight is 488 g/mol. The van der Waals surface area contributed by atoms with E-state index in [1.165, 1.54) is 18.6 Å². The zero-order chi connectivity index (χ0) is 23.8. The van der Waals surface area contributed by atoms with Crippen molar-refractivity contribution in [2.45, 2.75) is 69.5 Å². The summed E-state index contributed by atoms with van der Waals surface area (Å²) in [6, 6.07) is 8.35. The third-order valence-corrected chi connectivity index (χ3v) is 7.79. The van der Waals surface area contributed by atoms with Crippen LogP contribution in [0.15, 0.2) is 30.3 Å². The number of hydrogen-bond donors (Lipinski definition) is 3. The number of hydrogen-bond acceptors (Lipinski definition) is 5. The molecule has 34 heavy (non-hydrogen) atoms. The number of nitrogens with one attached hydrogen (secondary N) is 2. The molecule has 2 aromatic heterocycles. The molecule has 4 N–H and O–H groups in total. The van der Waals surface area contributed by atoms with Gasteiger partial charge in [0.1, 0.15) is 0 Å². The standard InChI is InChI=1S/C24H27F2N5O2S/c25-21(26)19-8-9-20(34-19)23(33)30-24-29-17-10-13(22(32)28-15-4-2-1-3-5-15)6-7-18(17)31(24)16-11-14(27)12-16/h6-10,14-16,21H,1-5,11-12,27H2,(H,28,32)(H,29,30,33). The Labute approximate surface area is 199 Å². The first-order valence-corrected chi connectivity index (χ1v) is 12.5. The molecule has 5 rings (SSSR count). The SMILES string of the molecule is NC1CC(n2c(NC(=O)c3ccc(C(F)F)s3)nc3cc(C(=O)NC4CCCCC4)ccc32)C1. The van der Waals surface area contributed by atoms with Gasteiger partial charge in [-0.2, -0.15) is 0 Å². The van der Waals surface area contributed by atoms with Crippen LogP contribution in [-0.4, -0.2) is 33.4 Å². The van der Waals surface area contributed by atoms with Crippen molar-refractivity contribution in [3.63, 3.8) is 0 Å². The minimum atomic E-state index is -2.62. The highest BCUT2D eigenvalue weighted by atomic mass is 32.1. The van der Waals surface area contributed by atoms with E-state index in [1.807, 2.05) is 10.6 Å². The van der Waals surface area contributed by atoms with Crippen molar-refractivity contribution in [2.75, 3.05) is 5.32 Å². The van der Waals surface area contributed by atoms with Crippen LogP contribution >= 0.6 is 11.3 Å².